The molecule has 0 aliphatic rings. The molecular weight excluding hydrogens is 218 g/mol. The average molecular weight is 228 g/mol. The van der Waals surface area contributed by atoms with Crippen molar-refractivity contribution in [2.45, 2.75) is 13.0 Å². The fourth-order valence-electron chi connectivity index (χ4n) is 0.877. The van der Waals surface area contributed by atoms with Crippen LogP contribution in [0.4, 0.5) is 0 Å². The van der Waals surface area contributed by atoms with E-state index >= 15 is 0 Å². The number of halogens is 1. The first-order valence-corrected chi connectivity index (χ1v) is 4.46. The fourth-order valence-corrected chi connectivity index (χ4v) is 1.14. The topological polar surface area (TPSA) is 43.1 Å². The van der Waals surface area contributed by atoms with Crippen LogP contribution in [0.15, 0.2) is 28.7 Å². The molecule has 0 spiro atoms. The SMILES string of the molecule is C[C@@H](N)C(=O)c1ccc(Br)cc1. The van der Waals surface area contributed by atoms with Gasteiger partial charge in [0.25, 0.3) is 0 Å². The van der Waals surface area contributed by atoms with Gasteiger partial charge >= 0.3 is 0 Å². The van der Waals surface area contributed by atoms with Gasteiger partial charge in [0.05, 0.1) is 6.04 Å². The summed E-state index contributed by atoms with van der Waals surface area (Å²) in [5.74, 6) is -0.0255. The molecule has 12 heavy (non-hydrogen) atoms. The summed E-state index contributed by atoms with van der Waals surface area (Å²) in [6, 6.07) is 6.75. The van der Waals surface area contributed by atoms with Crippen molar-refractivity contribution in [3.63, 3.8) is 0 Å². The van der Waals surface area contributed by atoms with Crippen molar-refractivity contribution >= 4 is 21.7 Å². The molecule has 0 heterocycles. The molecule has 0 amide bonds. The summed E-state index contributed by atoms with van der Waals surface area (Å²) in [7, 11) is 0. The third kappa shape index (κ3) is 2.16. The molecule has 0 aliphatic carbocycles. The second-order valence-corrected chi connectivity index (χ2v) is 3.58. The van der Waals surface area contributed by atoms with Gasteiger partial charge in [0, 0.05) is 10.0 Å². The van der Waals surface area contributed by atoms with Crippen LogP contribution >= 0.6 is 15.9 Å². The number of nitrogens with two attached hydrogens (primary N) is 1. The highest BCUT2D eigenvalue weighted by Crippen LogP contribution is 2.11. The number of hydrogen-bond acceptors (Lipinski definition) is 2. The normalized spacial score (nSPS) is 12.6. The van der Waals surface area contributed by atoms with Crippen molar-refractivity contribution in [3.8, 4) is 0 Å². The highest BCUT2D eigenvalue weighted by Gasteiger charge is 2.09. The number of ketones is 1. The summed E-state index contributed by atoms with van der Waals surface area (Å²) in [5.41, 5.74) is 6.11. The third-order valence-electron chi connectivity index (χ3n) is 1.54. The van der Waals surface area contributed by atoms with Crippen LogP contribution in [0.2, 0.25) is 0 Å². The minimum absolute atomic E-state index is 0.0255. The molecule has 1 rings (SSSR count). The van der Waals surface area contributed by atoms with E-state index in [9.17, 15) is 4.79 Å². The van der Waals surface area contributed by atoms with Gasteiger partial charge in [0.1, 0.15) is 0 Å². The zero-order valence-corrected chi connectivity index (χ0v) is 8.34. The molecule has 0 aliphatic heterocycles. The molecule has 0 radical (unpaired) electrons. The van der Waals surface area contributed by atoms with Gasteiger partial charge in [-0.05, 0) is 19.1 Å². The van der Waals surface area contributed by atoms with Crippen LogP contribution < -0.4 is 5.73 Å². The first kappa shape index (κ1) is 9.42. The van der Waals surface area contributed by atoms with E-state index in [1.165, 1.54) is 0 Å². The quantitative estimate of drug-likeness (QED) is 0.786. The first-order valence-electron chi connectivity index (χ1n) is 3.66. The highest BCUT2D eigenvalue weighted by molar-refractivity contribution is 9.10. The Labute approximate surface area is 79.9 Å². The maximum absolute atomic E-state index is 11.3. The lowest BCUT2D eigenvalue weighted by atomic mass is 10.1. The first-order chi connectivity index (χ1) is 5.61. The maximum atomic E-state index is 11.3. The minimum atomic E-state index is -0.425. The number of hydrogen-bond donors (Lipinski definition) is 1. The van der Waals surface area contributed by atoms with E-state index in [2.05, 4.69) is 15.9 Å². The Morgan fingerprint density at radius 3 is 2.33 bits per heavy atom. The van der Waals surface area contributed by atoms with Crippen LogP contribution in [-0.4, -0.2) is 11.8 Å². The summed E-state index contributed by atoms with van der Waals surface area (Å²) < 4.78 is 0.962. The minimum Gasteiger partial charge on any atom is -0.321 e. The van der Waals surface area contributed by atoms with Gasteiger partial charge in [-0.25, -0.2) is 0 Å². The van der Waals surface area contributed by atoms with Crippen LogP contribution in [0.3, 0.4) is 0 Å². The lowest BCUT2D eigenvalue weighted by Crippen LogP contribution is -2.26. The Morgan fingerprint density at radius 1 is 1.42 bits per heavy atom. The molecular formula is C9H10BrNO. The fraction of sp³-hybridized carbons (Fsp3) is 0.222. The van der Waals surface area contributed by atoms with Gasteiger partial charge < -0.3 is 5.73 Å². The van der Waals surface area contributed by atoms with Gasteiger partial charge in [0.15, 0.2) is 5.78 Å². The van der Waals surface area contributed by atoms with Crippen LogP contribution in [-0.2, 0) is 0 Å². The third-order valence-corrected chi connectivity index (χ3v) is 2.07. The molecule has 0 saturated carbocycles. The van der Waals surface area contributed by atoms with Crippen molar-refractivity contribution < 1.29 is 4.79 Å². The van der Waals surface area contributed by atoms with E-state index in [4.69, 9.17) is 5.73 Å². The predicted octanol–water partition coefficient (Wildman–Crippen LogP) is 1.98. The lowest BCUT2D eigenvalue weighted by molar-refractivity contribution is 0.0968. The monoisotopic (exact) mass is 227 g/mol. The Balaban J connectivity index is 2.90. The van der Waals surface area contributed by atoms with E-state index in [1.807, 2.05) is 12.1 Å². The second kappa shape index (κ2) is 3.83. The zero-order chi connectivity index (χ0) is 9.14. The predicted molar refractivity (Wildman–Crippen MR) is 52.1 cm³/mol. The number of carbonyl (C=O) groups is 1. The lowest BCUT2D eigenvalue weighted by Gasteiger charge is -2.03. The number of Topliss-reactive ketones (excluding diaryl/α,β-unsaturated/α-hetero) is 1. The summed E-state index contributed by atoms with van der Waals surface area (Å²) >= 11 is 3.29. The van der Waals surface area contributed by atoms with Gasteiger partial charge in [-0.2, -0.15) is 0 Å². The Bertz CT molecular complexity index is 279. The molecule has 1 atom stereocenters. The van der Waals surface area contributed by atoms with Crippen molar-refractivity contribution in [1.82, 2.24) is 0 Å². The Morgan fingerprint density at radius 2 is 1.92 bits per heavy atom. The summed E-state index contributed by atoms with van der Waals surface area (Å²) in [5, 5.41) is 0. The molecule has 0 fully saturated rings. The van der Waals surface area contributed by atoms with Gasteiger partial charge in [-0.1, -0.05) is 28.1 Å². The maximum Gasteiger partial charge on any atom is 0.179 e. The van der Waals surface area contributed by atoms with Crippen molar-refractivity contribution in [2.24, 2.45) is 5.73 Å². The van der Waals surface area contributed by atoms with Crippen LogP contribution in [0.1, 0.15) is 17.3 Å². The molecule has 0 saturated heterocycles. The molecule has 0 aromatic heterocycles. The van der Waals surface area contributed by atoms with Crippen LogP contribution in [0, 0.1) is 0 Å². The molecule has 64 valence electrons. The highest BCUT2D eigenvalue weighted by atomic mass is 79.9. The van der Waals surface area contributed by atoms with E-state index in [-0.39, 0.29) is 5.78 Å². The molecule has 2 nitrogen and oxygen atoms in total. The summed E-state index contributed by atoms with van der Waals surface area (Å²) in [6.07, 6.45) is 0. The van der Waals surface area contributed by atoms with E-state index in [0.29, 0.717) is 5.56 Å². The molecule has 3 heteroatoms. The summed E-state index contributed by atoms with van der Waals surface area (Å²) in [4.78, 5) is 11.3. The van der Waals surface area contributed by atoms with Gasteiger partial charge in [0.2, 0.25) is 0 Å². The Hall–Kier alpha value is -0.670. The van der Waals surface area contributed by atoms with Crippen molar-refractivity contribution in [3.05, 3.63) is 34.3 Å². The molecule has 0 bridgehead atoms. The largest absolute Gasteiger partial charge is 0.321 e. The standard InChI is InChI=1S/C9H10BrNO/c1-6(11)9(12)7-2-4-8(10)5-3-7/h2-6H,11H2,1H3/t6-/m1/s1. The van der Waals surface area contributed by atoms with E-state index < -0.39 is 6.04 Å². The second-order valence-electron chi connectivity index (χ2n) is 2.66. The zero-order valence-electron chi connectivity index (χ0n) is 6.75. The van der Waals surface area contributed by atoms with Crippen molar-refractivity contribution in [1.29, 1.82) is 0 Å². The molecule has 2 N–H and O–H groups in total. The average Bonchev–Trinajstić information content (AvgIpc) is 2.04. The number of carbonyl (C=O) groups excluding carboxylic acids is 1. The molecule has 0 unspecified atom stereocenters. The summed E-state index contributed by atoms with van der Waals surface area (Å²) in [6.45, 7) is 1.68. The molecule has 1 aromatic carbocycles. The van der Waals surface area contributed by atoms with Crippen LogP contribution in [0.5, 0.6) is 0 Å². The molecule has 1 aromatic rings. The van der Waals surface area contributed by atoms with Gasteiger partial charge in [-0.3, -0.25) is 4.79 Å². The van der Waals surface area contributed by atoms with E-state index in [1.54, 1.807) is 19.1 Å². The number of rotatable bonds is 2. The van der Waals surface area contributed by atoms with Gasteiger partial charge in [-0.15, -0.1) is 0 Å². The van der Waals surface area contributed by atoms with Crippen LogP contribution in [0.25, 0.3) is 0 Å². The van der Waals surface area contributed by atoms with E-state index in [0.717, 1.165) is 4.47 Å². The smallest absolute Gasteiger partial charge is 0.179 e. The van der Waals surface area contributed by atoms with Crippen molar-refractivity contribution in [2.75, 3.05) is 0 Å². The Kier molecular flexibility index (Phi) is 3.00. The number of benzene rings is 1.